The molecule has 1 amide bonds. The minimum absolute atomic E-state index is 0.108. The van der Waals surface area contributed by atoms with Gasteiger partial charge in [0.25, 0.3) is 11.8 Å². The molecule has 9 rings (SSSR count). The summed E-state index contributed by atoms with van der Waals surface area (Å²) in [6, 6.07) is 18.7. The average Bonchev–Trinajstić information content (AvgIpc) is 3.96. The molecule has 67 heavy (non-hydrogen) atoms. The van der Waals surface area contributed by atoms with Crippen molar-refractivity contribution in [2.45, 2.75) is 88.5 Å². The van der Waals surface area contributed by atoms with Gasteiger partial charge in [-0.3, -0.25) is 14.4 Å². The number of ether oxygens (including phenoxy) is 3. The predicted molar refractivity (Wildman–Crippen MR) is 266 cm³/mol. The van der Waals surface area contributed by atoms with Crippen LogP contribution in [0.2, 0.25) is 0 Å². The van der Waals surface area contributed by atoms with E-state index in [1.54, 1.807) is 24.9 Å². The monoisotopic (exact) mass is 932 g/mol. The summed E-state index contributed by atoms with van der Waals surface area (Å²) in [5.41, 5.74) is 7.63. The van der Waals surface area contributed by atoms with Crippen LogP contribution >= 0.6 is 11.9 Å². The fourth-order valence-corrected chi connectivity index (χ4v) is 11.7. The van der Waals surface area contributed by atoms with Crippen LogP contribution in [0.1, 0.15) is 97.7 Å². The van der Waals surface area contributed by atoms with Crippen LogP contribution in [0.25, 0.3) is 11.0 Å². The van der Waals surface area contributed by atoms with Crippen LogP contribution in [0.3, 0.4) is 0 Å². The van der Waals surface area contributed by atoms with Gasteiger partial charge < -0.3 is 45.0 Å². The number of nitrogens with zero attached hydrogens (tertiary/aromatic N) is 3. The second kappa shape index (κ2) is 20.1. The molecule has 3 saturated heterocycles. The Hall–Kier alpha value is -5.32. The van der Waals surface area contributed by atoms with Crippen LogP contribution in [0.15, 0.2) is 78.5 Å². The number of fused-ring (bicyclic) bond motifs is 1. The Morgan fingerprint density at radius 1 is 1.09 bits per heavy atom. The number of hydrogen-bond acceptors (Lipinski definition) is 11. The minimum Gasteiger partial charge on any atom is -0.629 e. The number of anilines is 3. The molecule has 3 atom stereocenters. The second-order valence-electron chi connectivity index (χ2n) is 19.3. The topological polar surface area (TPSA) is 144 Å². The van der Waals surface area contributed by atoms with E-state index in [0.717, 1.165) is 94.0 Å². The first-order chi connectivity index (χ1) is 32.5. The summed E-state index contributed by atoms with van der Waals surface area (Å²) in [7, 11) is 3.02. The fraction of sp³-hybridized carbons (Fsp3) is 0.462. The van der Waals surface area contributed by atoms with E-state index >= 15 is 0 Å². The first-order valence-electron chi connectivity index (χ1n) is 23.9. The molecule has 3 aromatic carbocycles. The van der Waals surface area contributed by atoms with Gasteiger partial charge in [-0.05, 0) is 116 Å². The number of hydrogen-bond donors (Lipinski definition) is 5. The number of carbonyl (C=O) groups is 1. The van der Waals surface area contributed by atoms with E-state index in [-0.39, 0.29) is 33.4 Å². The summed E-state index contributed by atoms with van der Waals surface area (Å²) >= 11 is 1.12. The maximum absolute atomic E-state index is 14.9. The molecule has 2 aromatic heterocycles. The Bertz CT molecular complexity index is 2580. The first kappa shape index (κ1) is 46.8. The largest absolute Gasteiger partial charge is 0.629 e. The van der Waals surface area contributed by atoms with Crippen molar-refractivity contribution in [3.8, 4) is 17.4 Å². The normalized spacial score (nSPS) is 20.2. The van der Waals surface area contributed by atoms with Crippen LogP contribution in [-0.2, 0) is 4.74 Å². The molecule has 3 aliphatic heterocycles. The Balaban J connectivity index is 0.938. The molecule has 4 fully saturated rings. The molecule has 0 radical (unpaired) electrons. The van der Waals surface area contributed by atoms with E-state index in [1.165, 1.54) is 44.2 Å². The third-order valence-corrected chi connectivity index (χ3v) is 15.7. The zero-order chi connectivity index (χ0) is 46.8. The van der Waals surface area contributed by atoms with Crippen LogP contribution < -0.4 is 34.8 Å². The van der Waals surface area contributed by atoms with Crippen LogP contribution in [0.4, 0.5) is 27.1 Å². The number of methoxy groups -OCH3 is 1. The van der Waals surface area contributed by atoms with Crippen molar-refractivity contribution in [1.29, 1.82) is 0 Å². The molecule has 13 nitrogen and oxygen atoms in total. The van der Waals surface area contributed by atoms with Crippen molar-refractivity contribution in [1.82, 2.24) is 19.6 Å². The lowest BCUT2D eigenvalue weighted by molar-refractivity contribution is -0.750. The van der Waals surface area contributed by atoms with Crippen molar-refractivity contribution < 1.29 is 28.5 Å². The number of aromatic amines is 1. The Morgan fingerprint density at radius 3 is 2.60 bits per heavy atom. The van der Waals surface area contributed by atoms with Gasteiger partial charge in [-0.2, -0.15) is 4.98 Å². The van der Waals surface area contributed by atoms with Crippen LogP contribution in [0.5, 0.6) is 17.4 Å². The smallest absolute Gasteiger partial charge is 0.265 e. The molecule has 5 N–H and O–H groups in total. The average molecular weight is 933 g/mol. The number of quaternary nitrogens is 1. The molecular weight excluding hydrogens is 868 g/mol. The number of nitrogens with one attached hydrogen (secondary N) is 5. The van der Waals surface area contributed by atoms with Crippen molar-refractivity contribution in [3.05, 3.63) is 107 Å². The van der Waals surface area contributed by atoms with Gasteiger partial charge in [0.2, 0.25) is 0 Å². The maximum atomic E-state index is 14.9. The molecule has 4 aliphatic rings. The highest BCUT2D eigenvalue weighted by Crippen LogP contribution is 2.49. The fourth-order valence-electron chi connectivity index (χ4n) is 11.0. The summed E-state index contributed by atoms with van der Waals surface area (Å²) < 4.78 is 35.6. The number of aromatic nitrogens is 2. The van der Waals surface area contributed by atoms with Crippen molar-refractivity contribution in [2.75, 3.05) is 75.6 Å². The van der Waals surface area contributed by atoms with Gasteiger partial charge in [0, 0.05) is 87.0 Å². The highest BCUT2D eigenvalue weighted by atomic mass is 32.2. The van der Waals surface area contributed by atoms with Crippen molar-refractivity contribution in [3.63, 3.8) is 0 Å². The minimum atomic E-state index is -0.478. The van der Waals surface area contributed by atoms with E-state index in [2.05, 4.69) is 79.8 Å². The highest BCUT2D eigenvalue weighted by molar-refractivity contribution is 7.98. The summed E-state index contributed by atoms with van der Waals surface area (Å²) in [4.78, 5) is 27.5. The number of halogens is 1. The number of carbonyl (C=O) groups excluding carboxylic acids is 1. The molecular formula is C52H65FN8O5S. The molecule has 356 valence electrons. The van der Waals surface area contributed by atoms with E-state index in [1.807, 2.05) is 25.1 Å². The van der Waals surface area contributed by atoms with Gasteiger partial charge in [-0.15, -0.1) is 0 Å². The van der Waals surface area contributed by atoms with Crippen LogP contribution in [0, 0.1) is 29.3 Å². The maximum Gasteiger partial charge on any atom is 0.265 e. The standard InChI is InChI=1S/C52H65FN8O5S/c1-7-54-47-33(4)46(27-43(59(5)63)48(47)55-28-34-17-23-65-24-18-34)67-58-50(62)39-16-15-35(25-44(39)66-45-26-40-41(53)29-56-49(40)57-51(45)64-6)60-21-19-52(20-22-60)30-61(31-52)42-14-10-13-38(42)37-12-9-8-11-36(37)32(2)3/h7-9,11-12,15-16,25-27,29,32,34,38,42,54-55,59H,1,10,13-14,17-24,28,30-31H2,2-6H3,(H,56,57)(H,58,62)/t38-,42-/m0/s1. The lowest BCUT2D eigenvalue weighted by Gasteiger charge is -2.57. The van der Waals surface area contributed by atoms with E-state index in [0.29, 0.717) is 57.7 Å². The zero-order valence-corrected chi connectivity index (χ0v) is 40.3. The van der Waals surface area contributed by atoms with Gasteiger partial charge in [-0.1, -0.05) is 51.1 Å². The number of benzene rings is 3. The zero-order valence-electron chi connectivity index (χ0n) is 39.4. The summed E-state index contributed by atoms with van der Waals surface area (Å²) in [5.74, 6) is 1.24. The third-order valence-electron chi connectivity index (χ3n) is 14.7. The number of hydroxylamine groups is 1. The summed E-state index contributed by atoms with van der Waals surface area (Å²) in [6.45, 7) is 16.7. The second-order valence-corrected chi connectivity index (χ2v) is 20.1. The van der Waals surface area contributed by atoms with Gasteiger partial charge in [0.15, 0.2) is 11.4 Å². The molecule has 1 unspecified atom stereocenters. The first-order valence-corrected chi connectivity index (χ1v) is 24.7. The molecule has 15 heteroatoms. The third kappa shape index (κ3) is 9.71. The van der Waals surface area contributed by atoms with E-state index in [4.69, 9.17) is 14.2 Å². The molecule has 0 bridgehead atoms. The number of piperidine rings is 1. The number of rotatable bonds is 16. The Labute approximate surface area is 397 Å². The lowest BCUT2D eigenvalue weighted by Crippen LogP contribution is -2.98. The SMILES string of the molecule is C=CNc1c(C)c(SNC(=O)c2ccc(N3CCC4(CC3)CN([C@H]3CCC[C@H]3c3ccccc3C(C)C)C4)cc2Oc2cc3c(F)c[nH]c3nc2OC)cc([NH+](C)[O-])c1NCC1CCOCC1. The summed E-state index contributed by atoms with van der Waals surface area (Å²) in [6.07, 6.45) is 10.7. The highest BCUT2D eigenvalue weighted by Gasteiger charge is 2.49. The van der Waals surface area contributed by atoms with E-state index in [9.17, 15) is 14.4 Å². The number of amides is 1. The van der Waals surface area contributed by atoms with Crippen molar-refractivity contribution >= 4 is 51.6 Å². The van der Waals surface area contributed by atoms with Gasteiger partial charge in [0.05, 0.1) is 30.8 Å². The quantitative estimate of drug-likeness (QED) is 0.0477. The molecule has 5 heterocycles. The van der Waals surface area contributed by atoms with Gasteiger partial charge in [0.1, 0.15) is 22.9 Å². The Morgan fingerprint density at radius 2 is 1.87 bits per heavy atom. The molecule has 1 saturated carbocycles. The van der Waals surface area contributed by atoms with Gasteiger partial charge >= 0.3 is 0 Å². The molecule has 1 spiro atoms. The Kier molecular flexibility index (Phi) is 14.0. The molecule has 1 aliphatic carbocycles. The number of pyridine rings is 1. The number of likely N-dealkylation sites (tertiary alicyclic amines) is 1. The summed E-state index contributed by atoms with van der Waals surface area (Å²) in [5, 5.41) is 20.1. The van der Waals surface area contributed by atoms with E-state index < -0.39 is 11.7 Å². The van der Waals surface area contributed by atoms with Gasteiger partial charge in [-0.25, -0.2) is 4.39 Å². The molecule has 5 aromatic rings. The van der Waals surface area contributed by atoms with Crippen LogP contribution in [-0.4, -0.2) is 86.9 Å². The van der Waals surface area contributed by atoms with Crippen molar-refractivity contribution in [2.24, 2.45) is 11.3 Å². The predicted octanol–water partition coefficient (Wildman–Crippen LogP) is 9.65. The number of H-pyrrole nitrogens is 1. The lowest BCUT2D eigenvalue weighted by atomic mass is 9.70.